The van der Waals surface area contributed by atoms with Gasteiger partial charge in [-0.25, -0.2) is 4.98 Å². The van der Waals surface area contributed by atoms with Crippen molar-refractivity contribution in [3.05, 3.63) is 29.7 Å². The number of rotatable bonds is 1. The van der Waals surface area contributed by atoms with Crippen LogP contribution in [0.4, 0.5) is 13.2 Å². The summed E-state index contributed by atoms with van der Waals surface area (Å²) in [4.78, 5) is 4.25. The lowest BCUT2D eigenvalue weighted by atomic mass is 9.95. The number of alkyl halides is 3. The lowest BCUT2D eigenvalue weighted by Crippen LogP contribution is -2.91. The summed E-state index contributed by atoms with van der Waals surface area (Å²) >= 11 is 0. The molecule has 1 saturated heterocycles. The second kappa shape index (κ2) is 4.77. The molecule has 0 radical (unpaired) electrons. The predicted octanol–water partition coefficient (Wildman–Crippen LogP) is 2.68. The van der Waals surface area contributed by atoms with E-state index in [2.05, 4.69) is 17.2 Å². The maximum absolute atomic E-state index is 12.7. The highest BCUT2D eigenvalue weighted by Crippen LogP contribution is 2.32. The van der Waals surface area contributed by atoms with Crippen LogP contribution in [0.5, 0.6) is 0 Å². The number of fused-ring (bicyclic) bond motifs is 1. The molecule has 2 aromatic rings. The molecule has 1 aliphatic rings. The van der Waals surface area contributed by atoms with Gasteiger partial charge in [-0.2, -0.15) is 13.2 Å². The van der Waals surface area contributed by atoms with Gasteiger partial charge in [-0.15, -0.1) is 0 Å². The standard InChI is InChI=1S/C14H15F3N2O/c1-8-2-3-9(7-18-8)13-19-11-6-10(14(15,16)17)4-5-12(11)20-13/h4-6,8-9,18H,2-3,7H2,1H3/p+1. The Balaban J connectivity index is 1.91. The first-order chi connectivity index (χ1) is 9.43. The first-order valence-corrected chi connectivity index (χ1v) is 6.74. The molecule has 2 atom stereocenters. The summed E-state index contributed by atoms with van der Waals surface area (Å²) in [6.45, 7) is 3.04. The Bertz CT molecular complexity index is 612. The third-order valence-electron chi connectivity index (χ3n) is 3.87. The third kappa shape index (κ3) is 2.52. The fraction of sp³-hybridized carbons (Fsp3) is 0.500. The number of piperidine rings is 1. The molecule has 0 bridgehead atoms. The van der Waals surface area contributed by atoms with E-state index in [9.17, 15) is 13.2 Å². The van der Waals surface area contributed by atoms with E-state index < -0.39 is 11.7 Å². The number of hydrogen-bond acceptors (Lipinski definition) is 2. The summed E-state index contributed by atoms with van der Waals surface area (Å²) in [5.41, 5.74) is 0.0220. The summed E-state index contributed by atoms with van der Waals surface area (Å²) in [6.07, 6.45) is -2.31. The van der Waals surface area contributed by atoms with Gasteiger partial charge < -0.3 is 9.73 Å². The van der Waals surface area contributed by atoms with E-state index in [0.717, 1.165) is 31.5 Å². The molecule has 2 N–H and O–H groups in total. The molecule has 2 heterocycles. The van der Waals surface area contributed by atoms with Gasteiger partial charge in [-0.05, 0) is 38.0 Å². The van der Waals surface area contributed by atoms with Crippen molar-refractivity contribution in [2.45, 2.75) is 37.9 Å². The van der Waals surface area contributed by atoms with Gasteiger partial charge in [0, 0.05) is 0 Å². The van der Waals surface area contributed by atoms with Crippen LogP contribution < -0.4 is 5.32 Å². The van der Waals surface area contributed by atoms with E-state index in [1.807, 2.05) is 0 Å². The van der Waals surface area contributed by atoms with Crippen LogP contribution in [0, 0.1) is 0 Å². The molecule has 3 rings (SSSR count). The molecule has 2 unspecified atom stereocenters. The molecule has 0 amide bonds. The van der Waals surface area contributed by atoms with Crippen molar-refractivity contribution in [2.24, 2.45) is 0 Å². The van der Waals surface area contributed by atoms with Gasteiger partial charge in [-0.1, -0.05) is 0 Å². The summed E-state index contributed by atoms with van der Waals surface area (Å²) < 4.78 is 43.6. The lowest BCUT2D eigenvalue weighted by Gasteiger charge is -2.22. The topological polar surface area (TPSA) is 42.6 Å². The number of nitrogens with two attached hydrogens (primary N) is 1. The van der Waals surface area contributed by atoms with Gasteiger partial charge in [0.1, 0.15) is 5.52 Å². The molecule has 1 fully saturated rings. The summed E-state index contributed by atoms with van der Waals surface area (Å²) in [6, 6.07) is 4.03. The predicted molar refractivity (Wildman–Crippen MR) is 67.2 cm³/mol. The highest BCUT2D eigenvalue weighted by atomic mass is 19.4. The SMILES string of the molecule is CC1CCC(c2nc3cc(C(F)(F)F)ccc3o2)C[NH2+]1. The minimum atomic E-state index is -4.35. The molecule has 3 nitrogen and oxygen atoms in total. The molecule has 0 saturated carbocycles. The Kier molecular flexibility index (Phi) is 3.20. The summed E-state index contributed by atoms with van der Waals surface area (Å²) in [5.74, 6) is 0.746. The molecule has 6 heteroatoms. The molecule has 0 aliphatic carbocycles. The number of hydrogen-bond donors (Lipinski definition) is 1. The Hall–Kier alpha value is -1.56. The van der Waals surface area contributed by atoms with Crippen LogP contribution in [0.1, 0.15) is 37.1 Å². The highest BCUT2D eigenvalue weighted by molar-refractivity contribution is 5.73. The van der Waals surface area contributed by atoms with E-state index in [0.29, 0.717) is 17.5 Å². The van der Waals surface area contributed by atoms with Crippen LogP contribution in [0.2, 0.25) is 0 Å². The van der Waals surface area contributed by atoms with Crippen molar-refractivity contribution in [2.75, 3.05) is 6.54 Å². The average molecular weight is 285 g/mol. The monoisotopic (exact) mass is 285 g/mol. The molecule has 20 heavy (non-hydrogen) atoms. The average Bonchev–Trinajstić information content (AvgIpc) is 2.81. The third-order valence-corrected chi connectivity index (χ3v) is 3.87. The van der Waals surface area contributed by atoms with Crippen LogP contribution in [0.3, 0.4) is 0 Å². The number of aromatic nitrogens is 1. The van der Waals surface area contributed by atoms with Gasteiger partial charge in [0.25, 0.3) is 0 Å². The maximum Gasteiger partial charge on any atom is 0.416 e. The van der Waals surface area contributed by atoms with Crippen molar-refractivity contribution in [1.82, 2.24) is 4.98 Å². The van der Waals surface area contributed by atoms with Crippen molar-refractivity contribution < 1.29 is 22.9 Å². The Morgan fingerprint density at radius 1 is 1.30 bits per heavy atom. The minimum Gasteiger partial charge on any atom is -0.440 e. The number of oxazole rings is 1. The van der Waals surface area contributed by atoms with Crippen LogP contribution in [-0.2, 0) is 6.18 Å². The number of halogens is 3. The van der Waals surface area contributed by atoms with Crippen LogP contribution in [0.15, 0.2) is 22.6 Å². The maximum atomic E-state index is 12.7. The quantitative estimate of drug-likeness (QED) is 0.875. The minimum absolute atomic E-state index is 0.188. The number of benzene rings is 1. The Morgan fingerprint density at radius 2 is 2.10 bits per heavy atom. The summed E-state index contributed by atoms with van der Waals surface area (Å²) in [7, 11) is 0. The normalized spacial score (nSPS) is 24.2. The highest BCUT2D eigenvalue weighted by Gasteiger charge is 2.32. The van der Waals surface area contributed by atoms with Gasteiger partial charge in [0.2, 0.25) is 5.89 Å². The first kappa shape index (κ1) is 13.4. The van der Waals surface area contributed by atoms with E-state index in [4.69, 9.17) is 4.42 Å². The first-order valence-electron chi connectivity index (χ1n) is 6.74. The molecular formula is C14H16F3N2O+. The largest absolute Gasteiger partial charge is 0.440 e. The van der Waals surface area contributed by atoms with Crippen molar-refractivity contribution >= 4 is 11.1 Å². The van der Waals surface area contributed by atoms with Crippen molar-refractivity contribution in [3.63, 3.8) is 0 Å². The van der Waals surface area contributed by atoms with Gasteiger partial charge >= 0.3 is 6.18 Å². The second-order valence-corrected chi connectivity index (χ2v) is 5.46. The zero-order valence-corrected chi connectivity index (χ0v) is 11.1. The van der Waals surface area contributed by atoms with Crippen LogP contribution in [-0.4, -0.2) is 17.6 Å². The Labute approximate surface area is 114 Å². The van der Waals surface area contributed by atoms with Gasteiger partial charge in [0.05, 0.1) is 24.1 Å². The fourth-order valence-corrected chi connectivity index (χ4v) is 2.62. The van der Waals surface area contributed by atoms with Gasteiger partial charge in [-0.3, -0.25) is 0 Å². The van der Waals surface area contributed by atoms with Crippen molar-refractivity contribution in [1.29, 1.82) is 0 Å². The lowest BCUT2D eigenvalue weighted by molar-refractivity contribution is -0.696. The zero-order valence-electron chi connectivity index (χ0n) is 11.1. The number of nitrogens with zero attached hydrogens (tertiary/aromatic N) is 1. The molecule has 0 spiro atoms. The van der Waals surface area contributed by atoms with E-state index in [-0.39, 0.29) is 11.4 Å². The van der Waals surface area contributed by atoms with Crippen LogP contribution >= 0.6 is 0 Å². The van der Waals surface area contributed by atoms with Gasteiger partial charge in [0.15, 0.2) is 5.58 Å². The van der Waals surface area contributed by atoms with E-state index in [1.54, 1.807) is 0 Å². The Morgan fingerprint density at radius 3 is 2.75 bits per heavy atom. The van der Waals surface area contributed by atoms with E-state index >= 15 is 0 Å². The molecule has 1 aliphatic heterocycles. The fourth-order valence-electron chi connectivity index (χ4n) is 2.62. The number of quaternary nitrogens is 1. The summed E-state index contributed by atoms with van der Waals surface area (Å²) in [5, 5.41) is 2.23. The molecule has 1 aromatic carbocycles. The second-order valence-electron chi connectivity index (χ2n) is 5.46. The van der Waals surface area contributed by atoms with E-state index in [1.165, 1.54) is 6.07 Å². The van der Waals surface area contributed by atoms with Crippen LogP contribution in [0.25, 0.3) is 11.1 Å². The molecular weight excluding hydrogens is 269 g/mol. The molecule has 1 aromatic heterocycles. The zero-order chi connectivity index (χ0) is 14.3. The molecule has 108 valence electrons. The van der Waals surface area contributed by atoms with Crippen molar-refractivity contribution in [3.8, 4) is 0 Å². The smallest absolute Gasteiger partial charge is 0.416 e.